The van der Waals surface area contributed by atoms with E-state index < -0.39 is 15.9 Å². The number of nitrogens with zero attached hydrogens (tertiary/aromatic N) is 1. The highest BCUT2D eigenvalue weighted by Crippen LogP contribution is 2.26. The number of amides is 1. The third-order valence-corrected chi connectivity index (χ3v) is 6.88. The van der Waals surface area contributed by atoms with E-state index in [2.05, 4.69) is 5.32 Å². The van der Waals surface area contributed by atoms with Gasteiger partial charge in [0.2, 0.25) is 5.91 Å². The summed E-state index contributed by atoms with van der Waals surface area (Å²) < 4.78 is 32.8. The number of hydrogen-bond acceptors (Lipinski definition) is 5. The van der Waals surface area contributed by atoms with Crippen LogP contribution in [0.15, 0.2) is 88.7 Å². The Bertz CT molecular complexity index is 1080. The van der Waals surface area contributed by atoms with Gasteiger partial charge in [0.15, 0.2) is 0 Å². The number of thioether (sulfide) groups is 1. The fourth-order valence-electron chi connectivity index (χ4n) is 2.79. The lowest BCUT2D eigenvalue weighted by Crippen LogP contribution is -2.38. The van der Waals surface area contributed by atoms with Gasteiger partial charge >= 0.3 is 0 Å². The maximum Gasteiger partial charge on any atom is 0.264 e. The molecule has 30 heavy (non-hydrogen) atoms. The molecule has 0 aliphatic rings. The van der Waals surface area contributed by atoms with Crippen LogP contribution in [-0.4, -0.2) is 34.2 Å². The van der Waals surface area contributed by atoms with Gasteiger partial charge in [-0.25, -0.2) is 8.42 Å². The van der Waals surface area contributed by atoms with Crippen LogP contribution in [0.3, 0.4) is 0 Å². The zero-order valence-corrected chi connectivity index (χ0v) is 18.2. The minimum atomic E-state index is -3.94. The molecule has 0 aliphatic carbocycles. The summed E-state index contributed by atoms with van der Waals surface area (Å²) in [6, 6.07) is 21.9. The van der Waals surface area contributed by atoms with Gasteiger partial charge in [0.1, 0.15) is 12.3 Å². The van der Waals surface area contributed by atoms with Gasteiger partial charge in [-0.15, -0.1) is 11.8 Å². The highest BCUT2D eigenvalue weighted by Gasteiger charge is 2.27. The number of ether oxygens (including phenoxy) is 1. The Kier molecular flexibility index (Phi) is 7.02. The van der Waals surface area contributed by atoms with Gasteiger partial charge in [-0.1, -0.05) is 18.2 Å². The molecule has 0 aromatic heterocycles. The van der Waals surface area contributed by atoms with Gasteiger partial charge in [-0.05, 0) is 66.9 Å². The lowest BCUT2D eigenvalue weighted by Gasteiger charge is -2.24. The van der Waals surface area contributed by atoms with Gasteiger partial charge in [0, 0.05) is 10.6 Å². The molecule has 0 saturated heterocycles. The second-order valence-corrected chi connectivity index (χ2v) is 9.04. The smallest absolute Gasteiger partial charge is 0.264 e. The predicted molar refractivity (Wildman–Crippen MR) is 121 cm³/mol. The van der Waals surface area contributed by atoms with Gasteiger partial charge in [0.05, 0.1) is 17.7 Å². The summed E-state index contributed by atoms with van der Waals surface area (Å²) >= 11 is 1.60. The number of benzene rings is 3. The van der Waals surface area contributed by atoms with E-state index >= 15 is 0 Å². The van der Waals surface area contributed by atoms with Crippen molar-refractivity contribution in [1.29, 1.82) is 0 Å². The van der Waals surface area contributed by atoms with Crippen molar-refractivity contribution in [3.05, 3.63) is 78.9 Å². The first-order valence-corrected chi connectivity index (χ1v) is 11.8. The lowest BCUT2D eigenvalue weighted by molar-refractivity contribution is -0.114. The van der Waals surface area contributed by atoms with Gasteiger partial charge in [-0.2, -0.15) is 0 Å². The standard InChI is InChI=1S/C22H22N2O4S2/c1-28-19-12-10-18(11-13-19)24(30(26,27)21-6-4-3-5-7-21)16-22(25)23-17-8-14-20(29-2)15-9-17/h3-15H,16H2,1-2H3,(H,23,25). The fraction of sp³-hybridized carbons (Fsp3) is 0.136. The molecular weight excluding hydrogens is 420 g/mol. The van der Waals surface area contributed by atoms with Crippen LogP contribution in [0.5, 0.6) is 5.75 Å². The Morgan fingerprint density at radius 1 is 0.967 bits per heavy atom. The molecule has 6 nitrogen and oxygen atoms in total. The van der Waals surface area contributed by atoms with Crippen LogP contribution >= 0.6 is 11.8 Å². The number of carbonyl (C=O) groups is 1. The van der Waals surface area contributed by atoms with Crippen molar-refractivity contribution >= 4 is 39.1 Å². The Labute approximate surface area is 180 Å². The van der Waals surface area contributed by atoms with Crippen LogP contribution in [0.1, 0.15) is 0 Å². The molecule has 156 valence electrons. The van der Waals surface area contributed by atoms with Crippen molar-refractivity contribution < 1.29 is 17.9 Å². The molecule has 3 aromatic carbocycles. The molecule has 0 aliphatic heterocycles. The number of sulfonamides is 1. The SMILES string of the molecule is COc1ccc(N(CC(=O)Nc2ccc(SC)cc2)S(=O)(=O)c2ccccc2)cc1. The zero-order chi connectivity index (χ0) is 21.6. The van der Waals surface area contributed by atoms with Gasteiger partial charge in [0.25, 0.3) is 10.0 Å². The van der Waals surface area contributed by atoms with E-state index in [1.807, 2.05) is 18.4 Å². The van der Waals surface area contributed by atoms with E-state index in [9.17, 15) is 13.2 Å². The van der Waals surface area contributed by atoms with Crippen LogP contribution in [0.25, 0.3) is 0 Å². The fourth-order valence-corrected chi connectivity index (χ4v) is 4.64. The molecule has 0 bridgehead atoms. The van der Waals surface area contributed by atoms with Crippen LogP contribution in [0.4, 0.5) is 11.4 Å². The summed E-state index contributed by atoms with van der Waals surface area (Å²) in [7, 11) is -2.41. The minimum Gasteiger partial charge on any atom is -0.497 e. The Hall–Kier alpha value is -2.97. The molecule has 0 unspecified atom stereocenters. The van der Waals surface area contributed by atoms with E-state index in [1.165, 1.54) is 19.2 Å². The highest BCUT2D eigenvalue weighted by molar-refractivity contribution is 7.98. The average Bonchev–Trinajstić information content (AvgIpc) is 2.78. The second kappa shape index (κ2) is 9.69. The van der Waals surface area contributed by atoms with Crippen LogP contribution in [-0.2, 0) is 14.8 Å². The van der Waals surface area contributed by atoms with Crippen molar-refractivity contribution in [2.75, 3.05) is 29.5 Å². The maximum absolute atomic E-state index is 13.3. The molecule has 0 spiro atoms. The number of methoxy groups -OCH3 is 1. The Morgan fingerprint density at radius 2 is 1.60 bits per heavy atom. The number of hydrogen-bond donors (Lipinski definition) is 1. The third kappa shape index (κ3) is 5.14. The summed E-state index contributed by atoms with van der Waals surface area (Å²) in [6.45, 7) is -0.367. The molecule has 8 heteroatoms. The lowest BCUT2D eigenvalue weighted by atomic mass is 10.3. The van der Waals surface area contributed by atoms with Gasteiger partial charge in [-0.3, -0.25) is 9.10 Å². The normalized spacial score (nSPS) is 11.0. The number of nitrogens with one attached hydrogen (secondary N) is 1. The Balaban J connectivity index is 1.89. The monoisotopic (exact) mass is 442 g/mol. The van der Waals surface area contributed by atoms with E-state index in [0.29, 0.717) is 17.1 Å². The molecule has 1 N–H and O–H groups in total. The van der Waals surface area contributed by atoms with E-state index in [1.54, 1.807) is 66.4 Å². The first kappa shape index (κ1) is 21.7. The van der Waals surface area contributed by atoms with Crippen LogP contribution in [0.2, 0.25) is 0 Å². The minimum absolute atomic E-state index is 0.109. The first-order valence-electron chi connectivity index (χ1n) is 9.10. The maximum atomic E-state index is 13.3. The first-order chi connectivity index (χ1) is 14.4. The molecule has 0 radical (unpaired) electrons. The molecular formula is C22H22N2O4S2. The largest absolute Gasteiger partial charge is 0.497 e. The molecule has 0 atom stereocenters. The zero-order valence-electron chi connectivity index (χ0n) is 16.6. The average molecular weight is 443 g/mol. The quantitative estimate of drug-likeness (QED) is 0.528. The number of carbonyl (C=O) groups excluding carboxylic acids is 1. The second-order valence-electron chi connectivity index (χ2n) is 6.30. The summed E-state index contributed by atoms with van der Waals surface area (Å²) in [5.74, 6) is 0.149. The molecule has 0 heterocycles. The third-order valence-electron chi connectivity index (χ3n) is 4.35. The van der Waals surface area contributed by atoms with E-state index in [4.69, 9.17) is 4.74 Å². The molecule has 0 saturated carbocycles. The Morgan fingerprint density at radius 3 is 2.17 bits per heavy atom. The summed E-state index contributed by atoms with van der Waals surface area (Å²) in [5, 5.41) is 2.76. The highest BCUT2D eigenvalue weighted by atomic mass is 32.2. The van der Waals surface area contributed by atoms with Crippen molar-refractivity contribution in [3.63, 3.8) is 0 Å². The molecule has 3 rings (SSSR count). The predicted octanol–water partition coefficient (Wildman–Crippen LogP) is 4.25. The topological polar surface area (TPSA) is 75.7 Å². The van der Waals surface area contributed by atoms with E-state index in [0.717, 1.165) is 9.20 Å². The van der Waals surface area contributed by atoms with E-state index in [-0.39, 0.29) is 11.4 Å². The van der Waals surface area contributed by atoms with Crippen molar-refractivity contribution in [2.24, 2.45) is 0 Å². The van der Waals surface area contributed by atoms with Crippen molar-refractivity contribution in [3.8, 4) is 5.75 Å². The van der Waals surface area contributed by atoms with Crippen LogP contribution in [0, 0.1) is 0 Å². The summed E-state index contributed by atoms with van der Waals surface area (Å²) in [4.78, 5) is 13.9. The van der Waals surface area contributed by atoms with Gasteiger partial charge < -0.3 is 10.1 Å². The summed E-state index contributed by atoms with van der Waals surface area (Å²) in [5.41, 5.74) is 0.970. The summed E-state index contributed by atoms with van der Waals surface area (Å²) in [6.07, 6.45) is 1.97. The molecule has 3 aromatic rings. The van der Waals surface area contributed by atoms with Crippen LogP contribution < -0.4 is 14.4 Å². The number of anilines is 2. The van der Waals surface area contributed by atoms with Crippen molar-refractivity contribution in [2.45, 2.75) is 9.79 Å². The van der Waals surface area contributed by atoms with Crippen molar-refractivity contribution in [1.82, 2.24) is 0 Å². The molecule has 1 amide bonds. The molecule has 0 fully saturated rings. The number of rotatable bonds is 8.